The van der Waals surface area contributed by atoms with Crippen molar-refractivity contribution in [2.45, 2.75) is 18.6 Å². The summed E-state index contributed by atoms with van der Waals surface area (Å²) in [6, 6.07) is 3.88. The highest BCUT2D eigenvalue weighted by Gasteiger charge is 2.48. The summed E-state index contributed by atoms with van der Waals surface area (Å²) in [6.45, 7) is 3.10. The maximum atomic E-state index is 11.5. The molecule has 2 aliphatic rings. The summed E-state index contributed by atoms with van der Waals surface area (Å²) >= 11 is 0. The van der Waals surface area contributed by atoms with Crippen LogP contribution in [-0.2, 0) is 11.3 Å². The van der Waals surface area contributed by atoms with Crippen molar-refractivity contribution in [1.82, 2.24) is 14.8 Å². The van der Waals surface area contributed by atoms with E-state index in [4.69, 9.17) is 10.5 Å². The lowest BCUT2D eigenvalue weighted by Gasteiger charge is -2.22. The van der Waals surface area contributed by atoms with E-state index in [2.05, 4.69) is 9.88 Å². The van der Waals surface area contributed by atoms with E-state index >= 15 is 0 Å². The van der Waals surface area contributed by atoms with Crippen LogP contribution in [0.15, 0.2) is 18.3 Å². The van der Waals surface area contributed by atoms with Crippen LogP contribution in [0.3, 0.4) is 0 Å². The Morgan fingerprint density at radius 3 is 3.05 bits per heavy atom. The summed E-state index contributed by atoms with van der Waals surface area (Å²) in [4.78, 5) is 19.5. The minimum Gasteiger partial charge on any atom is -0.439 e. The Labute approximate surface area is 112 Å². The maximum absolute atomic E-state index is 11.5. The van der Waals surface area contributed by atoms with E-state index in [9.17, 15) is 4.79 Å². The maximum Gasteiger partial charge on any atom is 0.410 e. The number of carbonyl (C=O) groups is 1. The monoisotopic (exact) mass is 262 g/mol. The number of hydrogen-bond donors (Lipinski definition) is 1. The summed E-state index contributed by atoms with van der Waals surface area (Å²) in [5.41, 5.74) is 6.55. The number of nitrogens with zero attached hydrogens (tertiary/aromatic N) is 3. The van der Waals surface area contributed by atoms with Gasteiger partial charge in [0.25, 0.3) is 0 Å². The summed E-state index contributed by atoms with van der Waals surface area (Å²) in [7, 11) is 1.78. The molecule has 2 saturated heterocycles. The second kappa shape index (κ2) is 4.38. The Balaban J connectivity index is 1.67. The third-order valence-corrected chi connectivity index (χ3v) is 3.86. The zero-order valence-corrected chi connectivity index (χ0v) is 11.0. The van der Waals surface area contributed by atoms with Gasteiger partial charge in [-0.1, -0.05) is 6.07 Å². The van der Waals surface area contributed by atoms with Crippen LogP contribution in [0.1, 0.15) is 12.0 Å². The second-order valence-corrected chi connectivity index (χ2v) is 5.42. The van der Waals surface area contributed by atoms with Crippen molar-refractivity contribution < 1.29 is 9.53 Å². The number of hydrogen-bond acceptors (Lipinski definition) is 5. The highest BCUT2D eigenvalue weighted by molar-refractivity contribution is 5.70. The molecule has 3 rings (SSSR count). The SMILES string of the molecule is CN1CC2(CCN(Cc3cccnc3N)C2)OC1=O. The molecular formula is C13H18N4O2. The van der Waals surface area contributed by atoms with Gasteiger partial charge in [-0.3, -0.25) is 4.90 Å². The molecule has 0 aromatic carbocycles. The topological polar surface area (TPSA) is 71.7 Å². The molecule has 2 fully saturated rings. The number of ether oxygens (including phenoxy) is 1. The lowest BCUT2D eigenvalue weighted by molar-refractivity contribution is 0.0627. The lowest BCUT2D eigenvalue weighted by atomic mass is 10.0. The van der Waals surface area contributed by atoms with E-state index in [0.29, 0.717) is 12.4 Å². The predicted octanol–water partition coefficient (Wildman–Crippen LogP) is 0.690. The number of likely N-dealkylation sites (N-methyl/N-ethyl adjacent to an activating group) is 1. The van der Waals surface area contributed by atoms with Crippen LogP contribution < -0.4 is 5.73 Å². The number of pyridine rings is 1. The van der Waals surface area contributed by atoms with Gasteiger partial charge in [-0.15, -0.1) is 0 Å². The smallest absolute Gasteiger partial charge is 0.410 e. The Morgan fingerprint density at radius 1 is 1.53 bits per heavy atom. The Morgan fingerprint density at radius 2 is 2.37 bits per heavy atom. The molecule has 0 saturated carbocycles. The summed E-state index contributed by atoms with van der Waals surface area (Å²) < 4.78 is 5.52. The van der Waals surface area contributed by atoms with Gasteiger partial charge in [-0.25, -0.2) is 9.78 Å². The van der Waals surface area contributed by atoms with Crippen molar-refractivity contribution >= 4 is 11.9 Å². The van der Waals surface area contributed by atoms with Crippen molar-refractivity contribution in [3.05, 3.63) is 23.9 Å². The zero-order chi connectivity index (χ0) is 13.5. The standard InChI is InChI=1S/C13H18N4O2/c1-16-8-13(19-12(16)18)4-6-17(9-13)7-10-3-2-5-15-11(10)14/h2-3,5H,4,6-9H2,1H3,(H2,14,15). The van der Waals surface area contributed by atoms with Crippen molar-refractivity contribution in [1.29, 1.82) is 0 Å². The minimum atomic E-state index is -0.331. The second-order valence-electron chi connectivity index (χ2n) is 5.42. The molecule has 2 N–H and O–H groups in total. The van der Waals surface area contributed by atoms with Crippen molar-refractivity contribution in [2.75, 3.05) is 32.4 Å². The van der Waals surface area contributed by atoms with Gasteiger partial charge in [0.15, 0.2) is 0 Å². The van der Waals surface area contributed by atoms with Gasteiger partial charge in [0.1, 0.15) is 11.4 Å². The van der Waals surface area contributed by atoms with Gasteiger partial charge >= 0.3 is 6.09 Å². The summed E-state index contributed by atoms with van der Waals surface area (Å²) in [6.07, 6.45) is 2.35. The first kappa shape index (κ1) is 12.2. The molecule has 1 atom stereocenters. The number of aromatic nitrogens is 1. The Kier molecular flexibility index (Phi) is 2.82. The normalized spacial score (nSPS) is 27.2. The zero-order valence-electron chi connectivity index (χ0n) is 11.0. The van der Waals surface area contributed by atoms with Crippen molar-refractivity contribution in [2.24, 2.45) is 0 Å². The third kappa shape index (κ3) is 2.23. The van der Waals surface area contributed by atoms with Gasteiger partial charge in [0.05, 0.1) is 6.54 Å². The molecule has 0 radical (unpaired) electrons. The predicted molar refractivity (Wildman–Crippen MR) is 70.4 cm³/mol. The number of anilines is 1. The first-order valence-electron chi connectivity index (χ1n) is 6.44. The van der Waals surface area contributed by atoms with Gasteiger partial charge in [0.2, 0.25) is 0 Å². The average Bonchev–Trinajstić information content (AvgIpc) is 2.87. The highest BCUT2D eigenvalue weighted by Crippen LogP contribution is 2.32. The van der Waals surface area contributed by atoms with Gasteiger partial charge in [0, 0.05) is 44.9 Å². The van der Waals surface area contributed by atoms with Crippen molar-refractivity contribution in [3.63, 3.8) is 0 Å². The van der Waals surface area contributed by atoms with E-state index in [1.54, 1.807) is 18.1 Å². The van der Waals surface area contributed by atoms with Crippen LogP contribution in [0.2, 0.25) is 0 Å². The molecule has 3 heterocycles. The fourth-order valence-electron chi connectivity index (χ4n) is 2.89. The molecule has 6 heteroatoms. The van der Waals surface area contributed by atoms with Gasteiger partial charge < -0.3 is 15.4 Å². The first-order chi connectivity index (χ1) is 9.08. The van der Waals surface area contributed by atoms with Crippen LogP contribution in [0.4, 0.5) is 10.6 Å². The van der Waals surface area contributed by atoms with Gasteiger partial charge in [-0.05, 0) is 6.07 Å². The molecule has 0 bridgehead atoms. The van der Waals surface area contributed by atoms with Crippen LogP contribution in [-0.4, -0.2) is 53.2 Å². The van der Waals surface area contributed by atoms with Crippen molar-refractivity contribution in [3.8, 4) is 0 Å². The Bertz CT molecular complexity index is 507. The fourth-order valence-corrected chi connectivity index (χ4v) is 2.89. The Hall–Kier alpha value is -1.82. The summed E-state index contributed by atoms with van der Waals surface area (Å²) in [5.74, 6) is 0.573. The first-order valence-corrected chi connectivity index (χ1v) is 6.44. The molecule has 102 valence electrons. The number of rotatable bonds is 2. The molecule has 2 aliphatic heterocycles. The number of carbonyl (C=O) groups excluding carboxylic acids is 1. The fraction of sp³-hybridized carbons (Fsp3) is 0.538. The van der Waals surface area contributed by atoms with E-state index in [1.165, 1.54) is 0 Å². The molecule has 1 unspecified atom stereocenters. The molecule has 6 nitrogen and oxygen atoms in total. The van der Waals surface area contributed by atoms with E-state index < -0.39 is 0 Å². The molecule has 19 heavy (non-hydrogen) atoms. The summed E-state index contributed by atoms with van der Waals surface area (Å²) in [5, 5.41) is 0. The average molecular weight is 262 g/mol. The molecule has 1 aromatic rings. The highest BCUT2D eigenvalue weighted by atomic mass is 16.6. The largest absolute Gasteiger partial charge is 0.439 e. The van der Waals surface area contributed by atoms with Crippen LogP contribution >= 0.6 is 0 Å². The van der Waals surface area contributed by atoms with E-state index in [0.717, 1.165) is 31.6 Å². The number of amides is 1. The minimum absolute atomic E-state index is 0.220. The van der Waals surface area contributed by atoms with Crippen LogP contribution in [0.5, 0.6) is 0 Å². The number of nitrogen functional groups attached to an aromatic ring is 1. The molecule has 1 spiro atoms. The molecular weight excluding hydrogens is 244 g/mol. The molecule has 1 aromatic heterocycles. The lowest BCUT2D eigenvalue weighted by Crippen LogP contribution is -2.37. The quantitative estimate of drug-likeness (QED) is 0.849. The van der Waals surface area contributed by atoms with E-state index in [-0.39, 0.29) is 11.7 Å². The van der Waals surface area contributed by atoms with E-state index in [1.807, 2.05) is 12.1 Å². The number of likely N-dealkylation sites (tertiary alicyclic amines) is 1. The van der Waals surface area contributed by atoms with Gasteiger partial charge in [-0.2, -0.15) is 0 Å². The molecule has 0 aliphatic carbocycles. The third-order valence-electron chi connectivity index (χ3n) is 3.86. The van der Waals surface area contributed by atoms with Crippen LogP contribution in [0.25, 0.3) is 0 Å². The number of nitrogens with two attached hydrogens (primary N) is 1. The molecule has 1 amide bonds. The van der Waals surface area contributed by atoms with Crippen LogP contribution in [0, 0.1) is 0 Å².